The second kappa shape index (κ2) is 6.75. The van der Waals surface area contributed by atoms with E-state index in [1.807, 2.05) is 19.3 Å². The fraction of sp³-hybridized carbons (Fsp3) is 0.385. The van der Waals surface area contributed by atoms with Gasteiger partial charge in [0.05, 0.1) is 7.11 Å². The standard InChI is InChI=1S/C13H19N3O3/c1-8(2)11(13(18)16-14)15-12(17)9-4-6-10(19-3)7-5-9/h4-8,11H,14H2,1-3H3,(H,15,17)(H,16,18). The van der Waals surface area contributed by atoms with Gasteiger partial charge in [-0.15, -0.1) is 0 Å². The highest BCUT2D eigenvalue weighted by molar-refractivity contribution is 5.97. The molecule has 0 saturated carbocycles. The van der Waals surface area contributed by atoms with Gasteiger partial charge in [-0.05, 0) is 30.2 Å². The topological polar surface area (TPSA) is 93.4 Å². The maximum atomic E-state index is 12.0. The molecule has 1 aromatic carbocycles. The van der Waals surface area contributed by atoms with Crippen LogP contribution in [0.2, 0.25) is 0 Å². The third-order valence-electron chi connectivity index (χ3n) is 2.73. The highest BCUT2D eigenvalue weighted by atomic mass is 16.5. The second-order valence-corrected chi connectivity index (χ2v) is 4.43. The van der Waals surface area contributed by atoms with Gasteiger partial charge in [-0.1, -0.05) is 13.8 Å². The summed E-state index contributed by atoms with van der Waals surface area (Å²) < 4.78 is 5.01. The molecule has 0 fully saturated rings. The number of nitrogens with two attached hydrogens (primary N) is 1. The van der Waals surface area contributed by atoms with E-state index < -0.39 is 11.9 Å². The summed E-state index contributed by atoms with van der Waals surface area (Å²) in [5.41, 5.74) is 2.50. The van der Waals surface area contributed by atoms with Crippen LogP contribution in [0.15, 0.2) is 24.3 Å². The van der Waals surface area contributed by atoms with Crippen LogP contribution in [0.25, 0.3) is 0 Å². The monoisotopic (exact) mass is 265 g/mol. The van der Waals surface area contributed by atoms with Gasteiger partial charge in [-0.3, -0.25) is 15.0 Å². The van der Waals surface area contributed by atoms with Gasteiger partial charge in [-0.25, -0.2) is 5.84 Å². The predicted molar refractivity (Wildman–Crippen MR) is 71.4 cm³/mol. The number of carbonyl (C=O) groups is 2. The summed E-state index contributed by atoms with van der Waals surface area (Å²) >= 11 is 0. The van der Waals surface area contributed by atoms with Crippen molar-refractivity contribution >= 4 is 11.8 Å². The van der Waals surface area contributed by atoms with E-state index >= 15 is 0 Å². The third kappa shape index (κ3) is 3.96. The first kappa shape index (κ1) is 15.0. The molecule has 104 valence electrons. The van der Waals surface area contributed by atoms with Crippen LogP contribution in [0, 0.1) is 5.92 Å². The molecule has 0 aliphatic rings. The first-order valence-electron chi connectivity index (χ1n) is 5.95. The number of hydrazine groups is 1. The average molecular weight is 265 g/mol. The number of carbonyl (C=O) groups excluding carboxylic acids is 2. The summed E-state index contributed by atoms with van der Waals surface area (Å²) in [5.74, 6) is 4.95. The molecule has 1 atom stereocenters. The lowest BCUT2D eigenvalue weighted by molar-refractivity contribution is -0.124. The summed E-state index contributed by atoms with van der Waals surface area (Å²) in [6.07, 6.45) is 0. The van der Waals surface area contributed by atoms with Crippen molar-refractivity contribution in [2.75, 3.05) is 7.11 Å². The zero-order valence-electron chi connectivity index (χ0n) is 11.3. The molecule has 1 unspecified atom stereocenters. The van der Waals surface area contributed by atoms with Crippen LogP contribution in [-0.4, -0.2) is 25.0 Å². The van der Waals surface area contributed by atoms with E-state index in [9.17, 15) is 9.59 Å². The zero-order chi connectivity index (χ0) is 14.4. The molecule has 2 amide bonds. The molecular formula is C13H19N3O3. The van der Waals surface area contributed by atoms with E-state index in [1.54, 1.807) is 31.4 Å². The quantitative estimate of drug-likeness (QED) is 0.409. The third-order valence-corrected chi connectivity index (χ3v) is 2.73. The Balaban J connectivity index is 2.78. The number of benzene rings is 1. The fourth-order valence-electron chi connectivity index (χ4n) is 1.59. The number of hydrogen-bond acceptors (Lipinski definition) is 4. The highest BCUT2D eigenvalue weighted by Crippen LogP contribution is 2.12. The van der Waals surface area contributed by atoms with Crippen LogP contribution in [0.3, 0.4) is 0 Å². The molecule has 19 heavy (non-hydrogen) atoms. The van der Waals surface area contributed by atoms with Crippen molar-refractivity contribution in [1.82, 2.24) is 10.7 Å². The Bertz CT molecular complexity index is 443. The largest absolute Gasteiger partial charge is 0.497 e. The van der Waals surface area contributed by atoms with E-state index in [2.05, 4.69) is 5.32 Å². The summed E-state index contributed by atoms with van der Waals surface area (Å²) in [7, 11) is 1.55. The first-order valence-corrected chi connectivity index (χ1v) is 5.95. The Morgan fingerprint density at radius 1 is 1.21 bits per heavy atom. The molecule has 0 aliphatic carbocycles. The van der Waals surface area contributed by atoms with Crippen LogP contribution in [0.4, 0.5) is 0 Å². The maximum absolute atomic E-state index is 12.0. The van der Waals surface area contributed by atoms with E-state index in [0.29, 0.717) is 11.3 Å². The van der Waals surface area contributed by atoms with Crippen LogP contribution < -0.4 is 21.3 Å². The minimum atomic E-state index is -0.667. The molecule has 0 aliphatic heterocycles. The SMILES string of the molecule is COc1ccc(C(=O)NC(C(=O)NN)C(C)C)cc1. The van der Waals surface area contributed by atoms with Gasteiger partial charge in [0.25, 0.3) is 11.8 Å². The minimum absolute atomic E-state index is 0.0641. The van der Waals surface area contributed by atoms with E-state index in [1.165, 1.54) is 0 Å². The molecule has 1 aromatic rings. The Morgan fingerprint density at radius 2 is 1.79 bits per heavy atom. The molecule has 0 bridgehead atoms. The van der Waals surface area contributed by atoms with Crippen molar-refractivity contribution in [2.45, 2.75) is 19.9 Å². The van der Waals surface area contributed by atoms with Gasteiger partial charge >= 0.3 is 0 Å². The summed E-state index contributed by atoms with van der Waals surface area (Å²) in [6, 6.07) is 5.96. The summed E-state index contributed by atoms with van der Waals surface area (Å²) in [4.78, 5) is 23.6. The Labute approximate surface area is 112 Å². The van der Waals surface area contributed by atoms with Gasteiger partial charge < -0.3 is 10.1 Å². The fourth-order valence-corrected chi connectivity index (χ4v) is 1.59. The van der Waals surface area contributed by atoms with Crippen molar-refractivity contribution in [1.29, 1.82) is 0 Å². The molecule has 6 nitrogen and oxygen atoms in total. The van der Waals surface area contributed by atoms with E-state index in [-0.39, 0.29) is 11.8 Å². The number of nitrogens with one attached hydrogen (secondary N) is 2. The van der Waals surface area contributed by atoms with Gasteiger partial charge in [0.2, 0.25) is 0 Å². The van der Waals surface area contributed by atoms with E-state index in [0.717, 1.165) is 0 Å². The van der Waals surface area contributed by atoms with Crippen molar-refractivity contribution in [3.63, 3.8) is 0 Å². The Hall–Kier alpha value is -2.08. The Morgan fingerprint density at radius 3 is 2.21 bits per heavy atom. The second-order valence-electron chi connectivity index (χ2n) is 4.43. The number of hydrogen-bond donors (Lipinski definition) is 3. The number of methoxy groups -OCH3 is 1. The summed E-state index contributed by atoms with van der Waals surface area (Å²) in [5, 5.41) is 2.65. The summed E-state index contributed by atoms with van der Waals surface area (Å²) in [6.45, 7) is 3.66. The molecule has 0 saturated heterocycles. The van der Waals surface area contributed by atoms with Gasteiger partial charge in [0.15, 0.2) is 0 Å². The molecule has 6 heteroatoms. The van der Waals surface area contributed by atoms with Crippen LogP contribution >= 0.6 is 0 Å². The van der Waals surface area contributed by atoms with Gasteiger partial charge in [0.1, 0.15) is 11.8 Å². The molecule has 1 rings (SSSR count). The zero-order valence-corrected chi connectivity index (χ0v) is 11.3. The number of amides is 2. The van der Waals surface area contributed by atoms with E-state index in [4.69, 9.17) is 10.6 Å². The van der Waals surface area contributed by atoms with Crippen molar-refractivity contribution in [2.24, 2.45) is 11.8 Å². The normalized spacial score (nSPS) is 11.8. The number of ether oxygens (including phenoxy) is 1. The Kier molecular flexibility index (Phi) is 5.32. The molecule has 0 spiro atoms. The smallest absolute Gasteiger partial charge is 0.256 e. The van der Waals surface area contributed by atoms with Crippen LogP contribution in [-0.2, 0) is 4.79 Å². The van der Waals surface area contributed by atoms with Crippen LogP contribution in [0.5, 0.6) is 5.75 Å². The lowest BCUT2D eigenvalue weighted by Crippen LogP contribution is -2.51. The molecular weight excluding hydrogens is 246 g/mol. The molecule has 0 radical (unpaired) electrons. The lowest BCUT2D eigenvalue weighted by atomic mass is 10.0. The number of rotatable bonds is 5. The average Bonchev–Trinajstić information content (AvgIpc) is 2.43. The van der Waals surface area contributed by atoms with Crippen LogP contribution in [0.1, 0.15) is 24.2 Å². The molecule has 4 N–H and O–H groups in total. The maximum Gasteiger partial charge on any atom is 0.256 e. The lowest BCUT2D eigenvalue weighted by Gasteiger charge is -2.20. The molecule has 0 heterocycles. The highest BCUT2D eigenvalue weighted by Gasteiger charge is 2.23. The van der Waals surface area contributed by atoms with Gasteiger partial charge in [0, 0.05) is 5.56 Å². The first-order chi connectivity index (χ1) is 8.99. The van der Waals surface area contributed by atoms with Gasteiger partial charge in [-0.2, -0.15) is 0 Å². The van der Waals surface area contributed by atoms with Crippen molar-refractivity contribution in [3.8, 4) is 5.75 Å². The van der Waals surface area contributed by atoms with Crippen molar-refractivity contribution < 1.29 is 14.3 Å². The minimum Gasteiger partial charge on any atom is -0.497 e. The molecule has 0 aromatic heterocycles. The van der Waals surface area contributed by atoms with Crippen molar-refractivity contribution in [3.05, 3.63) is 29.8 Å². The predicted octanol–water partition coefficient (Wildman–Crippen LogP) is 0.440.